The van der Waals surface area contributed by atoms with Crippen molar-refractivity contribution in [2.45, 2.75) is 39.5 Å². The maximum absolute atomic E-state index is 13.3. The molecule has 1 aliphatic rings. The van der Waals surface area contributed by atoms with Gasteiger partial charge in [-0.2, -0.15) is 0 Å². The lowest BCUT2D eigenvalue weighted by molar-refractivity contribution is -0.131. The normalized spacial score (nSPS) is 15.7. The standard InChI is InChI=1S/C19H23FN2O2/c1-13-18(14(2)24-21-13)12-19(23)22-8-6-15(7-9-22)10-16-4-3-5-17(20)11-16/h3-5,11,15H,6-10,12H2,1-2H3. The Labute approximate surface area is 141 Å². The molecule has 1 saturated heterocycles. The first-order chi connectivity index (χ1) is 11.5. The summed E-state index contributed by atoms with van der Waals surface area (Å²) in [5.41, 5.74) is 2.74. The van der Waals surface area contributed by atoms with Crippen LogP contribution in [0.1, 0.15) is 35.4 Å². The Kier molecular flexibility index (Phi) is 4.97. The molecule has 1 amide bonds. The number of benzene rings is 1. The molecular formula is C19H23FN2O2. The summed E-state index contributed by atoms with van der Waals surface area (Å²) in [7, 11) is 0. The lowest BCUT2D eigenvalue weighted by Gasteiger charge is -2.32. The van der Waals surface area contributed by atoms with E-state index < -0.39 is 0 Å². The first-order valence-electron chi connectivity index (χ1n) is 8.47. The molecule has 1 aliphatic heterocycles. The molecule has 0 N–H and O–H groups in total. The Bertz CT molecular complexity index is 698. The van der Waals surface area contributed by atoms with E-state index >= 15 is 0 Å². The number of aryl methyl sites for hydroxylation is 2. The molecule has 0 saturated carbocycles. The summed E-state index contributed by atoms with van der Waals surface area (Å²) in [5, 5.41) is 3.90. The second-order valence-corrected chi connectivity index (χ2v) is 6.64. The molecular weight excluding hydrogens is 307 g/mol. The summed E-state index contributed by atoms with van der Waals surface area (Å²) in [5.74, 6) is 1.19. The molecule has 0 aliphatic carbocycles. The average Bonchev–Trinajstić information content (AvgIpc) is 2.87. The van der Waals surface area contributed by atoms with Crippen LogP contribution < -0.4 is 0 Å². The Morgan fingerprint density at radius 2 is 2.08 bits per heavy atom. The van der Waals surface area contributed by atoms with Crippen molar-refractivity contribution in [2.75, 3.05) is 13.1 Å². The van der Waals surface area contributed by atoms with Crippen molar-refractivity contribution in [3.05, 3.63) is 52.7 Å². The topological polar surface area (TPSA) is 46.3 Å². The highest BCUT2D eigenvalue weighted by Crippen LogP contribution is 2.23. The highest BCUT2D eigenvalue weighted by molar-refractivity contribution is 5.79. The van der Waals surface area contributed by atoms with E-state index in [0.29, 0.717) is 12.3 Å². The van der Waals surface area contributed by atoms with Crippen LogP contribution in [0.4, 0.5) is 4.39 Å². The van der Waals surface area contributed by atoms with Gasteiger partial charge in [0.25, 0.3) is 0 Å². The molecule has 3 rings (SSSR count). The van der Waals surface area contributed by atoms with Gasteiger partial charge in [-0.3, -0.25) is 4.79 Å². The van der Waals surface area contributed by atoms with Gasteiger partial charge in [0, 0.05) is 18.7 Å². The average molecular weight is 330 g/mol. The fourth-order valence-electron chi connectivity index (χ4n) is 3.40. The van der Waals surface area contributed by atoms with Crippen LogP contribution in [-0.4, -0.2) is 29.1 Å². The third-order valence-corrected chi connectivity index (χ3v) is 4.89. The van der Waals surface area contributed by atoms with Crippen LogP contribution in [0.25, 0.3) is 0 Å². The van der Waals surface area contributed by atoms with Crippen molar-refractivity contribution in [3.8, 4) is 0 Å². The highest BCUT2D eigenvalue weighted by Gasteiger charge is 2.24. The predicted octanol–water partition coefficient (Wildman–Crippen LogP) is 3.45. The number of carbonyl (C=O) groups is 1. The zero-order chi connectivity index (χ0) is 17.1. The van der Waals surface area contributed by atoms with E-state index in [1.807, 2.05) is 24.8 Å². The summed E-state index contributed by atoms with van der Waals surface area (Å²) in [4.78, 5) is 14.4. The van der Waals surface area contributed by atoms with Gasteiger partial charge < -0.3 is 9.42 Å². The van der Waals surface area contributed by atoms with Crippen molar-refractivity contribution in [3.63, 3.8) is 0 Å². The molecule has 0 unspecified atom stereocenters. The lowest BCUT2D eigenvalue weighted by atomic mass is 9.90. The van der Waals surface area contributed by atoms with E-state index in [-0.39, 0.29) is 11.7 Å². The largest absolute Gasteiger partial charge is 0.361 e. The van der Waals surface area contributed by atoms with Gasteiger partial charge in [-0.05, 0) is 56.7 Å². The van der Waals surface area contributed by atoms with Crippen LogP contribution in [0.2, 0.25) is 0 Å². The van der Waals surface area contributed by atoms with Gasteiger partial charge in [-0.1, -0.05) is 17.3 Å². The second kappa shape index (κ2) is 7.16. The number of nitrogens with zero attached hydrogens (tertiary/aromatic N) is 2. The fourth-order valence-corrected chi connectivity index (χ4v) is 3.40. The van der Waals surface area contributed by atoms with E-state index in [1.54, 1.807) is 12.1 Å². The van der Waals surface area contributed by atoms with E-state index in [0.717, 1.165) is 54.9 Å². The maximum Gasteiger partial charge on any atom is 0.227 e. The van der Waals surface area contributed by atoms with E-state index in [2.05, 4.69) is 5.16 Å². The fraction of sp³-hybridized carbons (Fsp3) is 0.474. The number of rotatable bonds is 4. The van der Waals surface area contributed by atoms with Crippen molar-refractivity contribution in [1.29, 1.82) is 0 Å². The number of likely N-dealkylation sites (tertiary alicyclic amines) is 1. The predicted molar refractivity (Wildman–Crippen MR) is 89.1 cm³/mol. The third-order valence-electron chi connectivity index (χ3n) is 4.89. The molecule has 2 aromatic rings. The van der Waals surface area contributed by atoms with Crippen molar-refractivity contribution in [1.82, 2.24) is 10.1 Å². The number of carbonyl (C=O) groups excluding carboxylic acids is 1. The molecule has 1 fully saturated rings. The van der Waals surface area contributed by atoms with Crippen LogP contribution >= 0.6 is 0 Å². The van der Waals surface area contributed by atoms with Gasteiger partial charge in [-0.15, -0.1) is 0 Å². The molecule has 2 heterocycles. The number of hydrogen-bond acceptors (Lipinski definition) is 3. The second-order valence-electron chi connectivity index (χ2n) is 6.64. The van der Waals surface area contributed by atoms with Crippen LogP contribution in [0.15, 0.2) is 28.8 Å². The molecule has 1 aromatic carbocycles. The maximum atomic E-state index is 13.3. The molecule has 5 heteroatoms. The molecule has 24 heavy (non-hydrogen) atoms. The molecule has 0 atom stereocenters. The molecule has 0 radical (unpaired) electrons. The summed E-state index contributed by atoms with van der Waals surface area (Å²) in [6, 6.07) is 6.81. The van der Waals surface area contributed by atoms with E-state index in [4.69, 9.17) is 4.52 Å². The van der Waals surface area contributed by atoms with Crippen LogP contribution in [-0.2, 0) is 17.6 Å². The molecule has 128 valence electrons. The Hall–Kier alpha value is -2.17. The van der Waals surface area contributed by atoms with Gasteiger partial charge in [0.15, 0.2) is 0 Å². The third kappa shape index (κ3) is 3.83. The molecule has 0 bridgehead atoms. The number of halogens is 1. The van der Waals surface area contributed by atoms with Crippen molar-refractivity contribution < 1.29 is 13.7 Å². The van der Waals surface area contributed by atoms with Gasteiger partial charge in [0.05, 0.1) is 12.1 Å². The van der Waals surface area contributed by atoms with Gasteiger partial charge >= 0.3 is 0 Å². The van der Waals surface area contributed by atoms with E-state index in [9.17, 15) is 9.18 Å². The molecule has 1 aromatic heterocycles. The van der Waals surface area contributed by atoms with Crippen molar-refractivity contribution >= 4 is 5.91 Å². The zero-order valence-corrected chi connectivity index (χ0v) is 14.2. The Balaban J connectivity index is 1.52. The summed E-state index contributed by atoms with van der Waals surface area (Å²) < 4.78 is 18.4. The molecule has 4 nitrogen and oxygen atoms in total. The summed E-state index contributed by atoms with van der Waals surface area (Å²) in [6.45, 7) is 5.24. The monoisotopic (exact) mass is 330 g/mol. The van der Waals surface area contributed by atoms with Crippen LogP contribution in [0.5, 0.6) is 0 Å². The van der Waals surface area contributed by atoms with Gasteiger partial charge in [-0.25, -0.2) is 4.39 Å². The number of aromatic nitrogens is 1. The smallest absolute Gasteiger partial charge is 0.227 e. The minimum atomic E-state index is -0.181. The quantitative estimate of drug-likeness (QED) is 0.862. The number of hydrogen-bond donors (Lipinski definition) is 0. The molecule has 0 spiro atoms. The number of piperidine rings is 1. The minimum absolute atomic E-state index is 0.133. The SMILES string of the molecule is Cc1noc(C)c1CC(=O)N1CCC(Cc2cccc(F)c2)CC1. The van der Waals surface area contributed by atoms with Gasteiger partial charge in [0.1, 0.15) is 11.6 Å². The Morgan fingerprint density at radius 1 is 1.33 bits per heavy atom. The summed E-state index contributed by atoms with van der Waals surface area (Å²) in [6.07, 6.45) is 3.16. The zero-order valence-electron chi connectivity index (χ0n) is 14.2. The minimum Gasteiger partial charge on any atom is -0.361 e. The first-order valence-corrected chi connectivity index (χ1v) is 8.47. The van der Waals surface area contributed by atoms with E-state index in [1.165, 1.54) is 6.07 Å². The van der Waals surface area contributed by atoms with Crippen LogP contribution in [0, 0.1) is 25.6 Å². The lowest BCUT2D eigenvalue weighted by Crippen LogP contribution is -2.39. The van der Waals surface area contributed by atoms with Crippen molar-refractivity contribution in [2.24, 2.45) is 5.92 Å². The Morgan fingerprint density at radius 3 is 2.71 bits per heavy atom. The number of amides is 1. The van der Waals surface area contributed by atoms with Gasteiger partial charge in [0.2, 0.25) is 5.91 Å². The first kappa shape index (κ1) is 16.7. The van der Waals surface area contributed by atoms with Crippen LogP contribution in [0.3, 0.4) is 0 Å². The summed E-state index contributed by atoms with van der Waals surface area (Å²) >= 11 is 0. The highest BCUT2D eigenvalue weighted by atomic mass is 19.1.